The minimum atomic E-state index is -3.35. The van der Waals surface area contributed by atoms with Crippen LogP contribution < -0.4 is 5.32 Å². The number of nitrogens with zero attached hydrogens (tertiary/aromatic N) is 1. The Bertz CT molecular complexity index is 441. The summed E-state index contributed by atoms with van der Waals surface area (Å²) in [5, 5.41) is 3.19. The van der Waals surface area contributed by atoms with Crippen LogP contribution in [0.3, 0.4) is 0 Å². The lowest BCUT2D eigenvalue weighted by atomic mass is 10.0. The highest BCUT2D eigenvalue weighted by molar-refractivity contribution is 7.92. The molecule has 2 rings (SSSR count). The molecule has 1 aliphatic heterocycles. The van der Waals surface area contributed by atoms with Crippen molar-refractivity contribution in [3.63, 3.8) is 0 Å². The maximum atomic E-state index is 12.7. The molecule has 1 atom stereocenters. The van der Waals surface area contributed by atoms with Crippen LogP contribution in [0.5, 0.6) is 0 Å². The first-order chi connectivity index (χ1) is 8.90. The van der Waals surface area contributed by atoms with E-state index >= 15 is 0 Å². The lowest BCUT2D eigenvalue weighted by Crippen LogP contribution is -2.56. The van der Waals surface area contributed by atoms with E-state index in [2.05, 4.69) is 5.32 Å². The summed E-state index contributed by atoms with van der Waals surface area (Å²) in [6.07, 6.45) is 5.86. The average molecular weight is 288 g/mol. The molecule has 0 aromatic heterocycles. The molecule has 6 heteroatoms. The second-order valence-electron chi connectivity index (χ2n) is 5.85. The van der Waals surface area contributed by atoms with Crippen LogP contribution >= 0.6 is 0 Å². The van der Waals surface area contributed by atoms with E-state index in [9.17, 15) is 13.2 Å². The number of nitrogens with one attached hydrogen (secondary N) is 1. The molecule has 1 saturated heterocycles. The highest BCUT2D eigenvalue weighted by Crippen LogP contribution is 2.38. The van der Waals surface area contributed by atoms with Gasteiger partial charge in [0.2, 0.25) is 5.91 Å². The number of carbonyl (C=O) groups is 1. The lowest BCUT2D eigenvalue weighted by molar-refractivity contribution is -0.135. The third-order valence-electron chi connectivity index (χ3n) is 4.63. The summed E-state index contributed by atoms with van der Waals surface area (Å²) in [5.41, 5.74) is 0. The average Bonchev–Trinajstić information content (AvgIpc) is 2.88. The molecular weight excluding hydrogens is 264 g/mol. The Labute approximate surface area is 115 Å². The zero-order valence-corrected chi connectivity index (χ0v) is 12.6. The van der Waals surface area contributed by atoms with E-state index < -0.39 is 14.6 Å². The van der Waals surface area contributed by atoms with Gasteiger partial charge in [-0.2, -0.15) is 0 Å². The summed E-state index contributed by atoms with van der Waals surface area (Å²) in [4.78, 5) is 14.5. The smallest absolute Gasteiger partial charge is 0.244 e. The van der Waals surface area contributed by atoms with Crippen molar-refractivity contribution in [2.45, 2.75) is 49.3 Å². The fourth-order valence-electron chi connectivity index (χ4n) is 3.37. The van der Waals surface area contributed by atoms with Gasteiger partial charge in [-0.15, -0.1) is 0 Å². The Kier molecular flexibility index (Phi) is 4.20. The molecule has 0 spiro atoms. The Morgan fingerprint density at radius 3 is 2.42 bits per heavy atom. The molecule has 1 heterocycles. The summed E-state index contributed by atoms with van der Waals surface area (Å²) in [5.74, 6) is -0.160. The second-order valence-corrected chi connectivity index (χ2v) is 8.18. The van der Waals surface area contributed by atoms with Crippen LogP contribution in [0.2, 0.25) is 0 Å². The van der Waals surface area contributed by atoms with Crippen LogP contribution in [-0.2, 0) is 14.6 Å². The van der Waals surface area contributed by atoms with Gasteiger partial charge in [0.25, 0.3) is 0 Å². The second kappa shape index (κ2) is 5.40. The number of hydrogen-bond acceptors (Lipinski definition) is 4. The van der Waals surface area contributed by atoms with E-state index in [-0.39, 0.29) is 11.9 Å². The molecule has 1 amide bonds. The Hall–Kier alpha value is -0.620. The van der Waals surface area contributed by atoms with Crippen molar-refractivity contribution in [1.82, 2.24) is 10.2 Å². The summed E-state index contributed by atoms with van der Waals surface area (Å²) >= 11 is 0. The molecule has 110 valence electrons. The van der Waals surface area contributed by atoms with E-state index in [0.717, 1.165) is 25.7 Å². The van der Waals surface area contributed by atoms with Crippen LogP contribution in [0.1, 0.15) is 38.5 Å². The van der Waals surface area contributed by atoms with Gasteiger partial charge in [0.05, 0.1) is 0 Å². The van der Waals surface area contributed by atoms with Crippen molar-refractivity contribution >= 4 is 15.7 Å². The van der Waals surface area contributed by atoms with Gasteiger partial charge >= 0.3 is 0 Å². The largest absolute Gasteiger partial charge is 0.340 e. The molecule has 0 aromatic carbocycles. The van der Waals surface area contributed by atoms with E-state index in [4.69, 9.17) is 0 Å². The fourth-order valence-corrected chi connectivity index (χ4v) is 4.85. The first-order valence-electron chi connectivity index (χ1n) is 7.07. The van der Waals surface area contributed by atoms with Gasteiger partial charge in [0.15, 0.2) is 14.6 Å². The molecule has 0 radical (unpaired) electrons. The first kappa shape index (κ1) is 14.8. The minimum absolute atomic E-state index is 0.160. The number of rotatable bonds is 3. The van der Waals surface area contributed by atoms with Crippen molar-refractivity contribution in [3.05, 3.63) is 0 Å². The van der Waals surface area contributed by atoms with Crippen LogP contribution in [0.15, 0.2) is 0 Å². The van der Waals surface area contributed by atoms with Gasteiger partial charge in [-0.25, -0.2) is 8.42 Å². The maximum absolute atomic E-state index is 12.7. The number of carbonyl (C=O) groups excluding carboxylic acids is 1. The summed E-state index contributed by atoms with van der Waals surface area (Å²) in [6, 6.07) is 0.288. The van der Waals surface area contributed by atoms with Gasteiger partial charge < -0.3 is 10.2 Å². The van der Waals surface area contributed by atoms with Gasteiger partial charge in [0.1, 0.15) is 0 Å². The molecule has 0 aromatic rings. The predicted molar refractivity (Wildman–Crippen MR) is 74.7 cm³/mol. The number of sulfone groups is 1. The number of amides is 1. The Morgan fingerprint density at radius 2 is 1.89 bits per heavy atom. The lowest BCUT2D eigenvalue weighted by Gasteiger charge is -2.38. The Morgan fingerprint density at radius 1 is 1.26 bits per heavy atom. The van der Waals surface area contributed by atoms with Crippen molar-refractivity contribution in [2.24, 2.45) is 0 Å². The molecule has 1 N–H and O–H groups in total. The highest BCUT2D eigenvalue weighted by atomic mass is 32.2. The van der Waals surface area contributed by atoms with Crippen LogP contribution in [0.4, 0.5) is 0 Å². The molecule has 5 nitrogen and oxygen atoms in total. The number of likely N-dealkylation sites (tertiary alicyclic amines) is 1. The summed E-state index contributed by atoms with van der Waals surface area (Å²) < 4.78 is 23.1. The zero-order valence-electron chi connectivity index (χ0n) is 11.8. The zero-order chi connectivity index (χ0) is 14.1. The van der Waals surface area contributed by atoms with Crippen molar-refractivity contribution in [2.75, 3.05) is 26.4 Å². The van der Waals surface area contributed by atoms with Crippen molar-refractivity contribution in [3.8, 4) is 0 Å². The third-order valence-corrected chi connectivity index (χ3v) is 6.63. The van der Waals surface area contributed by atoms with Gasteiger partial charge in [0, 0.05) is 25.4 Å². The molecule has 1 aliphatic carbocycles. The molecule has 2 fully saturated rings. The standard InChI is InChI=1S/C13H24N2O3S/c1-14-11-6-5-9-15(10-11)12(16)13(19(2,17)18)7-3-4-8-13/h11,14H,3-10H2,1-2H3. The van der Waals surface area contributed by atoms with Crippen LogP contribution in [0, 0.1) is 0 Å². The fraction of sp³-hybridized carbons (Fsp3) is 0.923. The summed E-state index contributed by atoms with van der Waals surface area (Å²) in [7, 11) is -1.46. The maximum Gasteiger partial charge on any atom is 0.244 e. The van der Waals surface area contributed by atoms with E-state index in [1.807, 2.05) is 7.05 Å². The predicted octanol–water partition coefficient (Wildman–Crippen LogP) is 0.554. The quantitative estimate of drug-likeness (QED) is 0.824. The summed E-state index contributed by atoms with van der Waals surface area (Å²) in [6.45, 7) is 1.32. The van der Waals surface area contributed by atoms with Crippen LogP contribution in [0.25, 0.3) is 0 Å². The molecule has 1 saturated carbocycles. The SMILES string of the molecule is CNC1CCCN(C(=O)C2(S(C)(=O)=O)CCCC2)C1. The molecule has 2 aliphatic rings. The monoisotopic (exact) mass is 288 g/mol. The third kappa shape index (κ3) is 2.65. The van der Waals surface area contributed by atoms with Gasteiger partial charge in [-0.3, -0.25) is 4.79 Å². The Balaban J connectivity index is 2.21. The normalized spacial score (nSPS) is 27.5. The topological polar surface area (TPSA) is 66.5 Å². The van der Waals surface area contributed by atoms with E-state index in [1.165, 1.54) is 6.26 Å². The van der Waals surface area contributed by atoms with Crippen molar-refractivity contribution < 1.29 is 13.2 Å². The van der Waals surface area contributed by atoms with Gasteiger partial charge in [-0.05, 0) is 32.7 Å². The molecular formula is C13H24N2O3S. The van der Waals surface area contributed by atoms with Crippen LogP contribution in [-0.4, -0.2) is 56.4 Å². The number of hydrogen-bond donors (Lipinski definition) is 1. The molecule has 1 unspecified atom stereocenters. The minimum Gasteiger partial charge on any atom is -0.340 e. The number of piperidine rings is 1. The first-order valence-corrected chi connectivity index (χ1v) is 8.96. The van der Waals surface area contributed by atoms with Gasteiger partial charge in [-0.1, -0.05) is 12.8 Å². The van der Waals surface area contributed by atoms with E-state index in [1.54, 1.807) is 4.90 Å². The molecule has 19 heavy (non-hydrogen) atoms. The number of likely N-dealkylation sites (N-methyl/N-ethyl adjacent to an activating group) is 1. The molecule has 0 bridgehead atoms. The van der Waals surface area contributed by atoms with E-state index in [0.29, 0.717) is 25.9 Å². The van der Waals surface area contributed by atoms with Crippen molar-refractivity contribution in [1.29, 1.82) is 0 Å². The highest BCUT2D eigenvalue weighted by Gasteiger charge is 2.52.